The normalized spacial score (nSPS) is 14.1. The van der Waals surface area contributed by atoms with Crippen LogP contribution in [0.4, 0.5) is 0 Å². The SMILES string of the molecule is COC(=O)/C=C/C=C/C=C/c1cc2ccc1CCc1ccc(cc1/C=C/C=C/C=C/C(=O)OC)CC2. The molecule has 36 heavy (non-hydrogen) atoms. The second-order valence-corrected chi connectivity index (χ2v) is 8.32. The van der Waals surface area contributed by atoms with Gasteiger partial charge in [0.15, 0.2) is 0 Å². The fourth-order valence-corrected chi connectivity index (χ4v) is 3.90. The third kappa shape index (κ3) is 8.55. The van der Waals surface area contributed by atoms with Crippen molar-refractivity contribution in [2.45, 2.75) is 25.7 Å². The molecule has 0 N–H and O–H groups in total. The molecule has 4 aliphatic carbocycles. The first-order chi connectivity index (χ1) is 17.6. The van der Waals surface area contributed by atoms with Crippen molar-refractivity contribution in [3.8, 4) is 0 Å². The minimum absolute atomic E-state index is 0.367. The van der Waals surface area contributed by atoms with Gasteiger partial charge >= 0.3 is 11.9 Å². The number of allylic oxidation sites excluding steroid dienone is 8. The van der Waals surface area contributed by atoms with E-state index in [0.29, 0.717) is 0 Å². The number of hydrogen-bond donors (Lipinski definition) is 0. The highest BCUT2D eigenvalue weighted by Gasteiger charge is 2.09. The van der Waals surface area contributed by atoms with Crippen molar-refractivity contribution in [2.24, 2.45) is 0 Å². The molecule has 0 radical (unpaired) electrons. The predicted molar refractivity (Wildman–Crippen MR) is 146 cm³/mol. The molecule has 4 aliphatic rings. The molecule has 4 bridgehead atoms. The number of hydrogen-bond acceptors (Lipinski definition) is 4. The van der Waals surface area contributed by atoms with Gasteiger partial charge in [-0.2, -0.15) is 0 Å². The molecule has 184 valence electrons. The standard InChI is InChI=1S/C32H32O4/c1-35-31(33)13-9-5-3-7-11-29-23-25-15-16-26-18-20-28(22-21-27(29)19-17-25)30(24-26)12-8-4-6-10-14-32(34)36-2/h3-14,17-20,23-24H,15-16,21-22H2,1-2H3/b5-3+,6-4+,11-7+,12-8+,13-9+,14-10+. The van der Waals surface area contributed by atoms with Crippen LogP contribution in [0.15, 0.2) is 97.2 Å². The van der Waals surface area contributed by atoms with E-state index in [0.717, 1.165) is 25.7 Å². The Morgan fingerprint density at radius 1 is 0.583 bits per heavy atom. The van der Waals surface area contributed by atoms with Crippen LogP contribution < -0.4 is 0 Å². The smallest absolute Gasteiger partial charge is 0.330 e. The topological polar surface area (TPSA) is 52.6 Å². The van der Waals surface area contributed by atoms with Crippen LogP contribution in [0.25, 0.3) is 12.2 Å². The molecular formula is C32H32O4. The van der Waals surface area contributed by atoms with E-state index in [2.05, 4.69) is 58.0 Å². The second-order valence-electron chi connectivity index (χ2n) is 8.32. The lowest BCUT2D eigenvalue weighted by molar-refractivity contribution is -0.135. The lowest BCUT2D eigenvalue weighted by atomic mass is 9.91. The van der Waals surface area contributed by atoms with Crippen molar-refractivity contribution in [3.63, 3.8) is 0 Å². The highest BCUT2D eigenvalue weighted by Crippen LogP contribution is 2.23. The van der Waals surface area contributed by atoms with Gasteiger partial charge in [-0.3, -0.25) is 0 Å². The fraction of sp³-hybridized carbons (Fsp3) is 0.188. The first kappa shape index (κ1) is 26.4. The third-order valence-electron chi connectivity index (χ3n) is 5.87. The van der Waals surface area contributed by atoms with Gasteiger partial charge in [0.2, 0.25) is 0 Å². The van der Waals surface area contributed by atoms with Crippen LogP contribution in [0, 0.1) is 0 Å². The molecule has 4 heteroatoms. The van der Waals surface area contributed by atoms with Crippen molar-refractivity contribution in [1.29, 1.82) is 0 Å². The number of ether oxygens (including phenoxy) is 2. The zero-order valence-corrected chi connectivity index (χ0v) is 20.9. The molecule has 0 aliphatic heterocycles. The molecule has 4 nitrogen and oxygen atoms in total. The average molecular weight is 481 g/mol. The highest BCUT2D eigenvalue weighted by molar-refractivity contribution is 5.82. The molecule has 0 aromatic heterocycles. The average Bonchev–Trinajstić information content (AvgIpc) is 2.89. The van der Waals surface area contributed by atoms with Crippen LogP contribution in [0.5, 0.6) is 0 Å². The minimum atomic E-state index is -0.367. The third-order valence-corrected chi connectivity index (χ3v) is 5.87. The summed E-state index contributed by atoms with van der Waals surface area (Å²) < 4.78 is 9.18. The van der Waals surface area contributed by atoms with Gasteiger partial charge in [0.25, 0.3) is 0 Å². The van der Waals surface area contributed by atoms with E-state index >= 15 is 0 Å². The summed E-state index contributed by atoms with van der Waals surface area (Å²) in [5.74, 6) is -0.734. The summed E-state index contributed by atoms with van der Waals surface area (Å²) >= 11 is 0. The summed E-state index contributed by atoms with van der Waals surface area (Å²) in [6, 6.07) is 13.5. The Kier molecular flexibility index (Phi) is 10.5. The zero-order chi connectivity index (χ0) is 25.6. The molecular weight excluding hydrogens is 448 g/mol. The highest BCUT2D eigenvalue weighted by atomic mass is 16.5. The summed E-state index contributed by atoms with van der Waals surface area (Å²) in [5, 5.41) is 0. The number of rotatable bonds is 8. The van der Waals surface area contributed by atoms with E-state index in [-0.39, 0.29) is 11.9 Å². The maximum atomic E-state index is 11.2. The van der Waals surface area contributed by atoms with E-state index in [9.17, 15) is 9.59 Å². The number of carbonyl (C=O) groups excluding carboxylic acids is 2. The van der Waals surface area contributed by atoms with E-state index in [1.807, 2.05) is 36.5 Å². The number of carbonyl (C=O) groups is 2. The Hall–Kier alpha value is -4.18. The molecule has 0 spiro atoms. The molecule has 0 unspecified atom stereocenters. The van der Waals surface area contributed by atoms with Gasteiger partial charge in [0, 0.05) is 12.2 Å². The van der Waals surface area contributed by atoms with Crippen molar-refractivity contribution in [3.05, 3.63) is 131 Å². The van der Waals surface area contributed by atoms with Gasteiger partial charge in [-0.15, -0.1) is 0 Å². The van der Waals surface area contributed by atoms with Gasteiger partial charge in [-0.05, 0) is 59.1 Å². The second kappa shape index (κ2) is 14.3. The molecule has 0 heterocycles. The number of esters is 2. The van der Waals surface area contributed by atoms with Crippen LogP contribution in [-0.2, 0) is 44.7 Å². The maximum absolute atomic E-state index is 11.2. The van der Waals surface area contributed by atoms with Crippen LogP contribution >= 0.6 is 0 Å². The quantitative estimate of drug-likeness (QED) is 0.258. The molecule has 2 aromatic carbocycles. The number of benzene rings is 2. The molecule has 2 aromatic rings. The first-order valence-corrected chi connectivity index (χ1v) is 12.0. The summed E-state index contributed by atoms with van der Waals surface area (Å²) in [4.78, 5) is 22.3. The molecule has 6 rings (SSSR count). The van der Waals surface area contributed by atoms with Gasteiger partial charge in [-0.1, -0.05) is 97.2 Å². The van der Waals surface area contributed by atoms with Crippen molar-refractivity contribution in [2.75, 3.05) is 14.2 Å². The van der Waals surface area contributed by atoms with E-state index < -0.39 is 0 Å². The zero-order valence-electron chi connectivity index (χ0n) is 20.9. The van der Waals surface area contributed by atoms with Crippen molar-refractivity contribution < 1.29 is 19.1 Å². The van der Waals surface area contributed by atoms with Crippen LogP contribution in [0.2, 0.25) is 0 Å². The lowest BCUT2D eigenvalue weighted by Gasteiger charge is -2.14. The number of aryl methyl sites for hydroxylation is 4. The molecule has 0 atom stereocenters. The van der Waals surface area contributed by atoms with E-state index in [4.69, 9.17) is 0 Å². The maximum Gasteiger partial charge on any atom is 0.330 e. The number of methoxy groups -OCH3 is 2. The molecule has 0 fully saturated rings. The van der Waals surface area contributed by atoms with Gasteiger partial charge in [-0.25, -0.2) is 9.59 Å². The summed E-state index contributed by atoms with van der Waals surface area (Å²) in [5.41, 5.74) is 7.69. The van der Waals surface area contributed by atoms with Crippen LogP contribution in [0.3, 0.4) is 0 Å². The Balaban J connectivity index is 1.75. The van der Waals surface area contributed by atoms with E-state index in [1.165, 1.54) is 59.8 Å². The van der Waals surface area contributed by atoms with E-state index in [1.54, 1.807) is 12.2 Å². The van der Waals surface area contributed by atoms with Gasteiger partial charge < -0.3 is 9.47 Å². The largest absolute Gasteiger partial charge is 0.466 e. The lowest BCUT2D eigenvalue weighted by Crippen LogP contribution is -2.02. The Morgan fingerprint density at radius 3 is 1.42 bits per heavy atom. The predicted octanol–water partition coefficient (Wildman–Crippen LogP) is 6.17. The minimum Gasteiger partial charge on any atom is -0.466 e. The summed E-state index contributed by atoms with van der Waals surface area (Å²) in [6.07, 6.45) is 25.6. The van der Waals surface area contributed by atoms with Crippen molar-refractivity contribution in [1.82, 2.24) is 0 Å². The molecule has 0 saturated carbocycles. The fourth-order valence-electron chi connectivity index (χ4n) is 3.90. The Bertz CT molecular complexity index is 1140. The van der Waals surface area contributed by atoms with Gasteiger partial charge in [0.05, 0.1) is 14.2 Å². The Labute approximate surface area is 213 Å². The van der Waals surface area contributed by atoms with Gasteiger partial charge in [0.1, 0.15) is 0 Å². The van der Waals surface area contributed by atoms with Crippen LogP contribution in [-0.4, -0.2) is 26.2 Å². The summed E-state index contributed by atoms with van der Waals surface area (Å²) in [7, 11) is 2.73. The molecule has 0 saturated heterocycles. The van der Waals surface area contributed by atoms with Crippen molar-refractivity contribution >= 4 is 24.1 Å². The molecule has 0 amide bonds. The first-order valence-electron chi connectivity index (χ1n) is 12.0. The van der Waals surface area contributed by atoms with Crippen LogP contribution in [0.1, 0.15) is 33.4 Å². The summed E-state index contributed by atoms with van der Waals surface area (Å²) in [6.45, 7) is 0. The Morgan fingerprint density at radius 2 is 1.00 bits per heavy atom. The monoisotopic (exact) mass is 480 g/mol.